The number of hydrogen-bond donors (Lipinski definition) is 2. The van der Waals surface area contributed by atoms with Crippen molar-refractivity contribution in [1.29, 1.82) is 0 Å². The second-order valence-corrected chi connectivity index (χ2v) is 11.7. The topological polar surface area (TPSA) is 83.1 Å². The first-order valence-corrected chi connectivity index (χ1v) is 15.9. The molecule has 0 radical (unpaired) electrons. The zero-order valence-corrected chi connectivity index (χ0v) is 25.8. The molecule has 2 aliphatic heterocycles. The zero-order valence-electron chi connectivity index (χ0n) is 25.8. The van der Waals surface area contributed by atoms with Gasteiger partial charge >= 0.3 is 0 Å². The standard InChI is InChI=1S/C42H28N6/c1-3-7-27(8-4-1)39-31-11-12-32(45-31)40(28-9-5-2-6-10-28)34-14-16-36(47-34)42(30-21-25-44-26-22-30)38-18-17-37(48-38)41(29-19-23-43-24-20-29)35-15-13-33(39)46-35/h1-26,45-46H. The van der Waals surface area contributed by atoms with Gasteiger partial charge in [-0.25, -0.2) is 9.97 Å². The third kappa shape index (κ3) is 4.84. The van der Waals surface area contributed by atoms with Gasteiger partial charge in [-0.15, -0.1) is 0 Å². The van der Waals surface area contributed by atoms with Crippen LogP contribution < -0.4 is 0 Å². The van der Waals surface area contributed by atoms with Crippen LogP contribution in [0.15, 0.2) is 134 Å². The fourth-order valence-corrected chi connectivity index (χ4v) is 6.67. The van der Waals surface area contributed by atoms with E-state index in [0.29, 0.717) is 0 Å². The van der Waals surface area contributed by atoms with Gasteiger partial charge in [0.2, 0.25) is 0 Å². The molecule has 6 nitrogen and oxygen atoms in total. The quantitative estimate of drug-likeness (QED) is 0.206. The van der Waals surface area contributed by atoms with Crippen molar-refractivity contribution in [3.63, 3.8) is 0 Å². The van der Waals surface area contributed by atoms with Gasteiger partial charge in [0.05, 0.1) is 22.8 Å². The number of rotatable bonds is 4. The van der Waals surface area contributed by atoms with Gasteiger partial charge in [-0.3, -0.25) is 9.97 Å². The van der Waals surface area contributed by atoms with Gasteiger partial charge in [0, 0.05) is 69.1 Å². The highest BCUT2D eigenvalue weighted by Gasteiger charge is 2.19. The second-order valence-electron chi connectivity index (χ2n) is 11.7. The van der Waals surface area contributed by atoms with E-state index in [1.165, 1.54) is 0 Å². The molecule has 6 heteroatoms. The van der Waals surface area contributed by atoms with E-state index in [1.54, 1.807) is 0 Å². The van der Waals surface area contributed by atoms with Crippen molar-refractivity contribution >= 4 is 46.4 Å². The molecule has 0 spiro atoms. The molecule has 9 rings (SSSR count). The molecule has 7 aromatic rings. The molecule has 0 amide bonds. The van der Waals surface area contributed by atoms with E-state index in [1.807, 2.05) is 61.2 Å². The summed E-state index contributed by atoms with van der Waals surface area (Å²) in [5, 5.41) is 0. The highest BCUT2D eigenvalue weighted by Crippen LogP contribution is 2.38. The summed E-state index contributed by atoms with van der Waals surface area (Å²) in [6.07, 6.45) is 15.6. The summed E-state index contributed by atoms with van der Waals surface area (Å²) in [6.45, 7) is 0. The van der Waals surface area contributed by atoms with Crippen LogP contribution in [-0.2, 0) is 0 Å². The Labute approximate surface area is 276 Å². The molecule has 0 unspecified atom stereocenters. The molecule has 2 N–H and O–H groups in total. The first-order chi connectivity index (χ1) is 23.8. The van der Waals surface area contributed by atoms with Gasteiger partial charge < -0.3 is 9.97 Å². The summed E-state index contributed by atoms with van der Waals surface area (Å²) >= 11 is 0. The van der Waals surface area contributed by atoms with Crippen molar-refractivity contribution in [2.45, 2.75) is 0 Å². The minimum absolute atomic E-state index is 0.839. The van der Waals surface area contributed by atoms with Crippen LogP contribution in [0.25, 0.3) is 90.9 Å². The number of benzene rings is 2. The molecular formula is C42H28N6. The summed E-state index contributed by atoms with van der Waals surface area (Å²) < 4.78 is 0. The van der Waals surface area contributed by atoms with Crippen LogP contribution in [0.1, 0.15) is 22.8 Å². The molecule has 48 heavy (non-hydrogen) atoms. The van der Waals surface area contributed by atoms with Crippen molar-refractivity contribution in [3.05, 3.63) is 157 Å². The Balaban J connectivity index is 1.49. The number of fused-ring (bicyclic) bond motifs is 8. The number of H-pyrrole nitrogens is 2. The lowest BCUT2D eigenvalue weighted by molar-refractivity contribution is 1.26. The fraction of sp³-hybridized carbons (Fsp3) is 0. The number of pyridine rings is 2. The van der Waals surface area contributed by atoms with E-state index in [-0.39, 0.29) is 0 Å². The molecule has 0 aliphatic carbocycles. The van der Waals surface area contributed by atoms with Gasteiger partial charge in [-0.2, -0.15) is 0 Å². The molecule has 0 atom stereocenters. The lowest BCUT2D eigenvalue weighted by Gasteiger charge is -2.06. The van der Waals surface area contributed by atoms with Crippen LogP contribution in [0.2, 0.25) is 0 Å². The summed E-state index contributed by atoms with van der Waals surface area (Å²) in [5.74, 6) is 0. The highest BCUT2D eigenvalue weighted by molar-refractivity contribution is 6.00. The first-order valence-electron chi connectivity index (χ1n) is 15.9. The monoisotopic (exact) mass is 616 g/mol. The number of aromatic amines is 2. The highest BCUT2D eigenvalue weighted by atomic mass is 14.8. The van der Waals surface area contributed by atoms with Crippen LogP contribution in [0.3, 0.4) is 0 Å². The Morgan fingerprint density at radius 1 is 0.312 bits per heavy atom. The van der Waals surface area contributed by atoms with E-state index >= 15 is 0 Å². The number of nitrogens with one attached hydrogen (secondary N) is 2. The maximum atomic E-state index is 5.31. The third-order valence-electron chi connectivity index (χ3n) is 8.82. The van der Waals surface area contributed by atoms with Crippen LogP contribution in [0.4, 0.5) is 0 Å². The molecule has 5 aromatic heterocycles. The van der Waals surface area contributed by atoms with Gasteiger partial charge in [0.25, 0.3) is 0 Å². The van der Waals surface area contributed by atoms with E-state index in [2.05, 4.69) is 117 Å². The average Bonchev–Trinajstić information content (AvgIpc) is 3.98. The van der Waals surface area contributed by atoms with E-state index in [0.717, 1.165) is 89.4 Å². The van der Waals surface area contributed by atoms with Gasteiger partial charge in [0.1, 0.15) is 0 Å². The molecule has 2 aromatic carbocycles. The van der Waals surface area contributed by atoms with Gasteiger partial charge in [0.15, 0.2) is 0 Å². The normalized spacial score (nSPS) is 12.0. The largest absolute Gasteiger partial charge is 0.354 e. The van der Waals surface area contributed by atoms with E-state index < -0.39 is 0 Å². The lowest BCUT2D eigenvalue weighted by atomic mass is 10.0. The van der Waals surface area contributed by atoms with Gasteiger partial charge in [-0.1, -0.05) is 60.7 Å². The second kappa shape index (κ2) is 11.6. The smallest absolute Gasteiger partial charge is 0.0738 e. The fourth-order valence-electron chi connectivity index (χ4n) is 6.67. The molecule has 0 fully saturated rings. The van der Waals surface area contributed by atoms with Crippen LogP contribution in [-0.4, -0.2) is 29.9 Å². The molecule has 0 saturated heterocycles. The average molecular weight is 617 g/mol. The van der Waals surface area contributed by atoms with Crippen molar-refractivity contribution in [2.75, 3.05) is 0 Å². The van der Waals surface area contributed by atoms with Crippen molar-refractivity contribution < 1.29 is 0 Å². The minimum atomic E-state index is 0.839. The maximum absolute atomic E-state index is 5.31. The zero-order chi connectivity index (χ0) is 31.9. The first kappa shape index (κ1) is 27.6. The summed E-state index contributed by atoms with van der Waals surface area (Å²) in [6, 6.07) is 37.6. The Morgan fingerprint density at radius 2 is 0.646 bits per heavy atom. The number of nitrogens with zero attached hydrogens (tertiary/aromatic N) is 4. The maximum Gasteiger partial charge on any atom is 0.0738 e. The number of hydrogen-bond acceptors (Lipinski definition) is 4. The molecule has 2 aliphatic rings. The van der Waals surface area contributed by atoms with Crippen LogP contribution in [0.5, 0.6) is 0 Å². The van der Waals surface area contributed by atoms with Gasteiger partial charge in [-0.05, 0) is 95.1 Å². The Bertz CT molecular complexity index is 2390. The molecular weight excluding hydrogens is 589 g/mol. The minimum Gasteiger partial charge on any atom is -0.354 e. The Morgan fingerprint density at radius 3 is 1.08 bits per heavy atom. The summed E-state index contributed by atoms with van der Waals surface area (Å²) in [7, 11) is 0. The third-order valence-corrected chi connectivity index (χ3v) is 8.82. The SMILES string of the molecule is C1=Cc2nc1c(-c1ccncc1)c1nc(c(-c3ccncc3)c3ccc([nH]3)c(-c3ccccc3)c3ccc([nH]3)c2-c2ccccc2)C=C1. The predicted octanol–water partition coefficient (Wildman–Crippen LogP) is 10.1. The van der Waals surface area contributed by atoms with E-state index in [4.69, 9.17) is 9.97 Å². The van der Waals surface area contributed by atoms with Crippen molar-refractivity contribution in [2.24, 2.45) is 0 Å². The van der Waals surface area contributed by atoms with Crippen LogP contribution >= 0.6 is 0 Å². The van der Waals surface area contributed by atoms with Crippen LogP contribution in [0, 0.1) is 0 Å². The summed E-state index contributed by atoms with van der Waals surface area (Å²) in [4.78, 5) is 26.8. The lowest BCUT2D eigenvalue weighted by Crippen LogP contribution is -1.91. The van der Waals surface area contributed by atoms with E-state index in [9.17, 15) is 0 Å². The Hall–Kier alpha value is -6.66. The molecule has 226 valence electrons. The van der Waals surface area contributed by atoms with Crippen molar-refractivity contribution in [3.8, 4) is 44.5 Å². The summed E-state index contributed by atoms with van der Waals surface area (Å²) in [5.41, 5.74) is 15.6. The predicted molar refractivity (Wildman–Crippen MR) is 196 cm³/mol. The molecule has 7 heterocycles. The Kier molecular flexibility index (Phi) is 6.68. The molecule has 8 bridgehead atoms. The van der Waals surface area contributed by atoms with Crippen molar-refractivity contribution in [1.82, 2.24) is 29.9 Å². The number of aromatic nitrogens is 6. The molecule has 0 saturated carbocycles.